The minimum atomic E-state index is -0.503. The number of ether oxygens (including phenoxy) is 1. The number of rotatable bonds is 0. The number of cyclic esters (lactones) is 1. The van der Waals surface area contributed by atoms with Crippen molar-refractivity contribution in [1.29, 1.82) is 0 Å². The molecule has 0 atom stereocenters. The Morgan fingerprint density at radius 2 is 2.00 bits per heavy atom. The number of carbonyl (C=O) groups excluding carboxylic acids is 1. The summed E-state index contributed by atoms with van der Waals surface area (Å²) in [5.74, 6) is 0. The molecule has 1 aromatic carbocycles. The zero-order valence-corrected chi connectivity index (χ0v) is 7.95. The van der Waals surface area contributed by atoms with Gasteiger partial charge >= 0.3 is 6.09 Å². The summed E-state index contributed by atoms with van der Waals surface area (Å²) in [5.41, 5.74) is 1.26. The van der Waals surface area contributed by atoms with Crippen LogP contribution in [-0.4, -0.2) is 6.09 Å². The molecule has 1 aromatic rings. The third kappa shape index (κ3) is 1.45. The molecule has 0 aromatic heterocycles. The van der Waals surface area contributed by atoms with Gasteiger partial charge in [-0.25, -0.2) is 4.79 Å². The number of halogens is 2. The molecule has 3 nitrogen and oxygen atoms in total. The number of carbonyl (C=O) groups is 1. The van der Waals surface area contributed by atoms with Crippen LogP contribution in [0.25, 0.3) is 0 Å². The Labute approximate surface area is 84.6 Å². The Balaban J connectivity index is 2.57. The minimum absolute atomic E-state index is 0.167. The summed E-state index contributed by atoms with van der Waals surface area (Å²) in [6.45, 7) is 0.167. The van der Waals surface area contributed by atoms with E-state index in [1.54, 1.807) is 12.1 Å². The summed E-state index contributed by atoms with van der Waals surface area (Å²) in [4.78, 5) is 10.9. The van der Waals surface area contributed by atoms with Crippen molar-refractivity contribution < 1.29 is 9.53 Å². The molecule has 0 aliphatic carbocycles. The molecule has 0 saturated heterocycles. The lowest BCUT2D eigenvalue weighted by molar-refractivity contribution is 0.151. The SMILES string of the molecule is O=C1Nc2c(Cl)ccc(Cl)c2CO1. The van der Waals surface area contributed by atoms with Gasteiger partial charge in [0.1, 0.15) is 6.61 Å². The molecule has 1 aliphatic rings. The molecule has 13 heavy (non-hydrogen) atoms. The smallest absolute Gasteiger partial charge is 0.412 e. The van der Waals surface area contributed by atoms with Gasteiger partial charge in [0.2, 0.25) is 0 Å². The van der Waals surface area contributed by atoms with Crippen LogP contribution in [0.4, 0.5) is 10.5 Å². The monoisotopic (exact) mass is 217 g/mol. The highest BCUT2D eigenvalue weighted by molar-refractivity contribution is 6.36. The van der Waals surface area contributed by atoms with E-state index in [9.17, 15) is 4.79 Å². The molecular formula is C8H5Cl2NO2. The quantitative estimate of drug-likeness (QED) is 0.726. The lowest BCUT2D eigenvalue weighted by Gasteiger charge is -2.19. The second-order valence-corrected chi connectivity index (χ2v) is 3.40. The fraction of sp³-hybridized carbons (Fsp3) is 0.125. The molecule has 0 spiro atoms. The van der Waals surface area contributed by atoms with E-state index in [0.29, 0.717) is 21.3 Å². The van der Waals surface area contributed by atoms with Crippen molar-refractivity contribution in [3.8, 4) is 0 Å². The fourth-order valence-electron chi connectivity index (χ4n) is 1.15. The van der Waals surface area contributed by atoms with Gasteiger partial charge in [0, 0.05) is 10.6 Å². The van der Waals surface area contributed by atoms with Crippen LogP contribution in [0.15, 0.2) is 12.1 Å². The van der Waals surface area contributed by atoms with Gasteiger partial charge in [0.15, 0.2) is 0 Å². The van der Waals surface area contributed by atoms with Gasteiger partial charge in [0.25, 0.3) is 0 Å². The molecule has 68 valence electrons. The molecule has 0 radical (unpaired) electrons. The highest BCUT2D eigenvalue weighted by Crippen LogP contribution is 2.34. The fourth-order valence-corrected chi connectivity index (χ4v) is 1.58. The lowest BCUT2D eigenvalue weighted by atomic mass is 10.1. The minimum Gasteiger partial charge on any atom is -0.444 e. The number of amides is 1. The summed E-state index contributed by atoms with van der Waals surface area (Å²) in [7, 11) is 0. The van der Waals surface area contributed by atoms with Crippen LogP contribution in [0.1, 0.15) is 5.56 Å². The average Bonchev–Trinajstić information content (AvgIpc) is 2.12. The van der Waals surface area contributed by atoms with Gasteiger partial charge in [-0.2, -0.15) is 0 Å². The van der Waals surface area contributed by atoms with Crippen LogP contribution in [0, 0.1) is 0 Å². The molecule has 2 rings (SSSR count). The molecule has 1 amide bonds. The first-order chi connectivity index (χ1) is 6.18. The standard InChI is InChI=1S/C8H5Cl2NO2/c9-5-1-2-6(10)7-4(5)3-13-8(12)11-7/h1-2H,3H2,(H,11,12). The molecule has 0 fully saturated rings. The summed E-state index contributed by atoms with van der Waals surface area (Å²) >= 11 is 11.7. The second kappa shape index (κ2) is 3.09. The van der Waals surface area contributed by atoms with Crippen molar-refractivity contribution >= 4 is 35.0 Å². The van der Waals surface area contributed by atoms with E-state index in [1.807, 2.05) is 0 Å². The highest BCUT2D eigenvalue weighted by Gasteiger charge is 2.20. The van der Waals surface area contributed by atoms with Crippen molar-refractivity contribution in [2.45, 2.75) is 6.61 Å². The molecule has 5 heteroatoms. The first kappa shape index (κ1) is 8.66. The van der Waals surface area contributed by atoms with Gasteiger partial charge in [-0.3, -0.25) is 5.32 Å². The maximum absolute atomic E-state index is 10.9. The van der Waals surface area contributed by atoms with Gasteiger partial charge in [-0.1, -0.05) is 23.2 Å². The van der Waals surface area contributed by atoms with E-state index in [0.717, 1.165) is 0 Å². The lowest BCUT2D eigenvalue weighted by Crippen LogP contribution is -2.20. The van der Waals surface area contributed by atoms with Crippen molar-refractivity contribution in [1.82, 2.24) is 0 Å². The van der Waals surface area contributed by atoms with Gasteiger partial charge in [-0.15, -0.1) is 0 Å². The molecule has 1 N–H and O–H groups in total. The van der Waals surface area contributed by atoms with Crippen LogP contribution in [0.3, 0.4) is 0 Å². The Morgan fingerprint density at radius 3 is 2.77 bits per heavy atom. The zero-order valence-electron chi connectivity index (χ0n) is 6.43. The van der Waals surface area contributed by atoms with Gasteiger partial charge in [0.05, 0.1) is 10.7 Å². The molecule has 0 unspecified atom stereocenters. The summed E-state index contributed by atoms with van der Waals surface area (Å²) in [6, 6.07) is 3.30. The molecule has 0 bridgehead atoms. The maximum atomic E-state index is 10.9. The van der Waals surface area contributed by atoms with Gasteiger partial charge in [-0.05, 0) is 12.1 Å². The summed E-state index contributed by atoms with van der Waals surface area (Å²) in [6.07, 6.45) is -0.503. The third-order valence-corrected chi connectivity index (χ3v) is 2.45. The summed E-state index contributed by atoms with van der Waals surface area (Å²) in [5, 5.41) is 3.50. The third-order valence-electron chi connectivity index (χ3n) is 1.78. The first-order valence-electron chi connectivity index (χ1n) is 3.59. The van der Waals surface area contributed by atoms with Crippen molar-refractivity contribution in [2.24, 2.45) is 0 Å². The maximum Gasteiger partial charge on any atom is 0.412 e. The predicted molar refractivity (Wildman–Crippen MR) is 50.3 cm³/mol. The number of hydrogen-bond acceptors (Lipinski definition) is 2. The number of benzene rings is 1. The van der Waals surface area contributed by atoms with Gasteiger partial charge < -0.3 is 4.74 Å². The number of fused-ring (bicyclic) bond motifs is 1. The van der Waals surface area contributed by atoms with Crippen molar-refractivity contribution in [3.63, 3.8) is 0 Å². The Bertz CT molecular complexity index is 379. The molecule has 1 heterocycles. The number of hydrogen-bond donors (Lipinski definition) is 1. The van der Waals surface area contributed by atoms with E-state index < -0.39 is 6.09 Å². The Hall–Kier alpha value is -0.930. The van der Waals surface area contributed by atoms with Crippen LogP contribution in [-0.2, 0) is 11.3 Å². The number of anilines is 1. The number of nitrogens with one attached hydrogen (secondary N) is 1. The van der Waals surface area contributed by atoms with Crippen LogP contribution in [0.5, 0.6) is 0 Å². The van der Waals surface area contributed by atoms with E-state index in [-0.39, 0.29) is 6.61 Å². The first-order valence-corrected chi connectivity index (χ1v) is 4.35. The van der Waals surface area contributed by atoms with Crippen LogP contribution < -0.4 is 5.32 Å². The zero-order chi connectivity index (χ0) is 9.42. The molecular weight excluding hydrogens is 213 g/mol. The normalized spacial score (nSPS) is 14.5. The second-order valence-electron chi connectivity index (χ2n) is 2.58. The summed E-state index contributed by atoms with van der Waals surface area (Å²) < 4.78 is 4.75. The highest BCUT2D eigenvalue weighted by atomic mass is 35.5. The van der Waals surface area contributed by atoms with E-state index in [1.165, 1.54) is 0 Å². The van der Waals surface area contributed by atoms with E-state index in [2.05, 4.69) is 5.32 Å². The van der Waals surface area contributed by atoms with E-state index in [4.69, 9.17) is 27.9 Å². The predicted octanol–water partition coefficient (Wildman–Crippen LogP) is 3.06. The molecule has 1 aliphatic heterocycles. The average molecular weight is 218 g/mol. The van der Waals surface area contributed by atoms with Crippen LogP contribution >= 0.6 is 23.2 Å². The molecule has 0 saturated carbocycles. The topological polar surface area (TPSA) is 38.3 Å². The Morgan fingerprint density at radius 1 is 1.31 bits per heavy atom. The largest absolute Gasteiger partial charge is 0.444 e. The Kier molecular flexibility index (Phi) is 2.06. The van der Waals surface area contributed by atoms with Crippen molar-refractivity contribution in [3.05, 3.63) is 27.7 Å². The van der Waals surface area contributed by atoms with Crippen molar-refractivity contribution in [2.75, 3.05) is 5.32 Å². The van der Waals surface area contributed by atoms with E-state index >= 15 is 0 Å². The van der Waals surface area contributed by atoms with Crippen LogP contribution in [0.2, 0.25) is 10.0 Å².